The minimum absolute atomic E-state index is 0.155. The number of nitrogens with zero attached hydrogens (tertiary/aromatic N) is 1. The highest BCUT2D eigenvalue weighted by Crippen LogP contribution is 2.45. The van der Waals surface area contributed by atoms with E-state index in [-0.39, 0.29) is 29.3 Å². The molecule has 0 fully saturated rings. The number of rotatable bonds is 0. The van der Waals surface area contributed by atoms with Gasteiger partial charge in [-0.15, -0.1) is 5.92 Å². The van der Waals surface area contributed by atoms with Crippen LogP contribution in [0.1, 0.15) is 42.3 Å². The van der Waals surface area contributed by atoms with Gasteiger partial charge in [0, 0.05) is 29.1 Å². The number of anilines is 1. The molecule has 1 unspecified atom stereocenters. The van der Waals surface area contributed by atoms with E-state index >= 15 is 0 Å². The summed E-state index contributed by atoms with van der Waals surface area (Å²) < 4.78 is 6.77. The number of cyclic esters (lactones) is 1. The highest BCUT2D eigenvalue weighted by Gasteiger charge is 2.46. The topological polar surface area (TPSA) is 80.6 Å². The minimum atomic E-state index is -2.12. The number of carbonyl (C=O) groups is 1. The minimum Gasteiger partial charge on any atom is -0.457 e. The molecule has 6 heteroatoms. The molecule has 1 aromatic carbocycles. The first kappa shape index (κ1) is 16.8. The number of fused-ring (bicyclic) bond motifs is 5. The van der Waals surface area contributed by atoms with E-state index in [9.17, 15) is 14.7 Å². The second-order valence-electron chi connectivity index (χ2n) is 7.29. The van der Waals surface area contributed by atoms with Gasteiger partial charge in [-0.3, -0.25) is 4.79 Å². The second kappa shape index (κ2) is 5.60. The molecule has 1 aromatic heterocycles. The summed E-state index contributed by atoms with van der Waals surface area (Å²) in [6, 6.07) is 9.55. The van der Waals surface area contributed by atoms with Crippen molar-refractivity contribution in [3.63, 3.8) is 0 Å². The fraction of sp³-hybridized carbons (Fsp3) is 0.273. The van der Waals surface area contributed by atoms with Crippen molar-refractivity contribution in [3.8, 4) is 11.8 Å². The zero-order valence-electron chi connectivity index (χ0n) is 15.5. The molecule has 0 saturated carbocycles. The van der Waals surface area contributed by atoms with E-state index in [1.54, 1.807) is 10.6 Å². The number of esters is 1. The maximum Gasteiger partial charge on any atom is 0.356 e. The number of carbonyl (C=O) groups excluding carboxylic acids is 1. The number of nitrogens with one attached hydrogen (secondary N) is 1. The first-order chi connectivity index (χ1) is 13.5. The van der Waals surface area contributed by atoms with Crippen LogP contribution in [0.5, 0.6) is 0 Å². The van der Waals surface area contributed by atoms with Crippen molar-refractivity contribution < 1.29 is 14.6 Å². The van der Waals surface area contributed by atoms with E-state index in [2.05, 4.69) is 30.1 Å². The Morgan fingerprint density at radius 1 is 1.32 bits per heavy atom. The normalized spacial score (nSPS) is 24.1. The average Bonchev–Trinajstić information content (AvgIpc) is 3.05. The molecule has 0 saturated heterocycles. The molecule has 2 aromatic rings. The van der Waals surface area contributed by atoms with Crippen molar-refractivity contribution in [2.24, 2.45) is 0 Å². The summed E-state index contributed by atoms with van der Waals surface area (Å²) in [5, 5.41) is 14.4. The molecule has 0 amide bonds. The van der Waals surface area contributed by atoms with Crippen molar-refractivity contribution in [2.45, 2.75) is 38.6 Å². The van der Waals surface area contributed by atoms with Crippen LogP contribution in [0.15, 0.2) is 40.7 Å². The zero-order chi connectivity index (χ0) is 19.6. The van der Waals surface area contributed by atoms with Gasteiger partial charge in [-0.2, -0.15) is 0 Å². The van der Waals surface area contributed by atoms with Crippen LogP contribution in [-0.2, 0) is 28.3 Å². The van der Waals surface area contributed by atoms with E-state index in [1.165, 1.54) is 6.92 Å². The number of aliphatic hydroxyl groups is 1. The molecule has 28 heavy (non-hydrogen) atoms. The summed E-state index contributed by atoms with van der Waals surface area (Å²) in [5.41, 5.74) is 3.21. The number of benzene rings is 1. The molecule has 0 bridgehead atoms. The van der Waals surface area contributed by atoms with Crippen molar-refractivity contribution in [1.29, 1.82) is 0 Å². The summed E-state index contributed by atoms with van der Waals surface area (Å²) in [6.45, 7) is 3.90. The Bertz CT molecular complexity index is 1210. The molecular formula is C22H18N2O4. The number of hydrogen-bond donors (Lipinski definition) is 2. The first-order valence-corrected chi connectivity index (χ1v) is 9.12. The summed E-state index contributed by atoms with van der Waals surface area (Å²) in [5.74, 6) is 4.27. The highest BCUT2D eigenvalue weighted by molar-refractivity contribution is 5.87. The lowest BCUT2D eigenvalue weighted by Gasteiger charge is -2.30. The Balaban J connectivity index is 1.75. The van der Waals surface area contributed by atoms with Crippen LogP contribution in [0.2, 0.25) is 0 Å². The van der Waals surface area contributed by atoms with Crippen LogP contribution in [-0.4, -0.2) is 15.6 Å². The van der Waals surface area contributed by atoms with Gasteiger partial charge < -0.3 is 19.7 Å². The average molecular weight is 374 g/mol. The summed E-state index contributed by atoms with van der Waals surface area (Å²) >= 11 is 0. The monoisotopic (exact) mass is 374 g/mol. The third-order valence-corrected chi connectivity index (χ3v) is 5.86. The number of pyridine rings is 1. The standard InChI is InChI=1S/C22H18N2O4/c1-3-8-22(27)16-9-18-19-14(12(2)13-6-4-5-7-17(13)23-19)10-24(18)20(25)15(16)11-28-21(22)26/h4-7,9,19,23,27H,10-11H2,1-2H3/t19?,22-/m0/s1. The number of allylic oxidation sites excluding steroid dienone is 1. The van der Waals surface area contributed by atoms with Crippen molar-refractivity contribution >= 4 is 17.2 Å². The van der Waals surface area contributed by atoms with Gasteiger partial charge in [0.05, 0.1) is 11.6 Å². The SMILES string of the molecule is CC#C[C@@]1(O)C(=O)OCc2c1cc1n(c2=O)CC2=C(C)c3ccccc3NC21. The van der Waals surface area contributed by atoms with Gasteiger partial charge in [0.2, 0.25) is 0 Å². The Morgan fingerprint density at radius 3 is 2.89 bits per heavy atom. The molecule has 0 radical (unpaired) electrons. The van der Waals surface area contributed by atoms with Crippen LogP contribution in [0.25, 0.3) is 5.57 Å². The number of aromatic nitrogens is 1. The molecule has 2 N–H and O–H groups in total. The Morgan fingerprint density at radius 2 is 2.11 bits per heavy atom. The summed E-state index contributed by atoms with van der Waals surface area (Å²) in [4.78, 5) is 25.5. The number of para-hydroxylation sites is 1. The fourth-order valence-electron chi connectivity index (χ4n) is 4.42. The molecule has 5 rings (SSSR count). The van der Waals surface area contributed by atoms with E-state index in [0.717, 1.165) is 28.1 Å². The van der Waals surface area contributed by atoms with Crippen LogP contribution < -0.4 is 10.9 Å². The molecule has 3 aliphatic heterocycles. The maximum absolute atomic E-state index is 13.2. The second-order valence-corrected chi connectivity index (χ2v) is 7.29. The summed E-state index contributed by atoms with van der Waals surface area (Å²) in [6.07, 6.45) is 0. The number of hydrogen-bond acceptors (Lipinski definition) is 5. The van der Waals surface area contributed by atoms with E-state index in [4.69, 9.17) is 4.74 Å². The smallest absolute Gasteiger partial charge is 0.356 e. The molecule has 6 nitrogen and oxygen atoms in total. The molecular weight excluding hydrogens is 356 g/mol. The van der Waals surface area contributed by atoms with Gasteiger partial charge in [-0.1, -0.05) is 24.1 Å². The van der Waals surface area contributed by atoms with Gasteiger partial charge in [0.25, 0.3) is 11.2 Å². The third-order valence-electron chi connectivity index (χ3n) is 5.86. The van der Waals surface area contributed by atoms with E-state index < -0.39 is 11.6 Å². The Kier molecular flexibility index (Phi) is 3.37. The Hall–Kier alpha value is -3.30. The first-order valence-electron chi connectivity index (χ1n) is 9.12. The predicted octanol–water partition coefficient (Wildman–Crippen LogP) is 2.07. The lowest BCUT2D eigenvalue weighted by molar-refractivity contribution is -0.164. The molecule has 2 atom stereocenters. The quantitative estimate of drug-likeness (QED) is 0.545. The van der Waals surface area contributed by atoms with E-state index in [0.29, 0.717) is 6.54 Å². The molecule has 3 aliphatic rings. The van der Waals surface area contributed by atoms with Gasteiger partial charge in [-0.05, 0) is 37.1 Å². The largest absolute Gasteiger partial charge is 0.457 e. The van der Waals surface area contributed by atoms with Crippen LogP contribution in [0.3, 0.4) is 0 Å². The lowest BCUT2D eigenvalue weighted by atomic mass is 9.87. The van der Waals surface area contributed by atoms with Crippen LogP contribution >= 0.6 is 0 Å². The zero-order valence-corrected chi connectivity index (χ0v) is 15.5. The maximum atomic E-state index is 13.2. The number of ether oxygens (including phenoxy) is 1. The Labute approximate surface area is 161 Å². The third kappa shape index (κ3) is 2.02. The fourth-order valence-corrected chi connectivity index (χ4v) is 4.42. The molecule has 0 aliphatic carbocycles. The van der Waals surface area contributed by atoms with E-state index in [1.807, 2.05) is 18.2 Å². The van der Waals surface area contributed by atoms with Crippen LogP contribution in [0.4, 0.5) is 5.69 Å². The summed E-state index contributed by atoms with van der Waals surface area (Å²) in [7, 11) is 0. The molecule has 140 valence electrons. The molecule has 4 heterocycles. The van der Waals surface area contributed by atoms with Gasteiger partial charge in [-0.25, -0.2) is 4.79 Å². The molecule has 0 spiro atoms. The van der Waals surface area contributed by atoms with Crippen molar-refractivity contribution in [3.05, 3.63) is 68.6 Å². The van der Waals surface area contributed by atoms with Crippen molar-refractivity contribution in [2.75, 3.05) is 5.32 Å². The predicted molar refractivity (Wildman–Crippen MR) is 103 cm³/mol. The van der Waals surface area contributed by atoms with Gasteiger partial charge in [0.15, 0.2) is 0 Å². The van der Waals surface area contributed by atoms with Gasteiger partial charge >= 0.3 is 5.97 Å². The van der Waals surface area contributed by atoms with Gasteiger partial charge in [0.1, 0.15) is 6.61 Å². The lowest BCUT2D eigenvalue weighted by Crippen LogP contribution is -2.44. The van der Waals surface area contributed by atoms with Crippen molar-refractivity contribution in [1.82, 2.24) is 4.57 Å². The van der Waals surface area contributed by atoms with Crippen LogP contribution in [0, 0.1) is 11.8 Å². The highest BCUT2D eigenvalue weighted by atomic mass is 16.6.